The number of carbonyl (C=O) groups excluding carboxylic acids is 1. The summed E-state index contributed by atoms with van der Waals surface area (Å²) >= 11 is 0. The van der Waals surface area contributed by atoms with Gasteiger partial charge in [-0.05, 0) is 25.0 Å². The van der Waals surface area contributed by atoms with Crippen molar-refractivity contribution in [1.82, 2.24) is 10.3 Å². The number of hydrogen-bond acceptors (Lipinski definition) is 4. The average molecular weight is 249 g/mol. The van der Waals surface area contributed by atoms with Crippen LogP contribution < -0.4 is 11.1 Å². The van der Waals surface area contributed by atoms with Gasteiger partial charge in [0, 0.05) is 5.69 Å². The SMILES string of the molecule is Nc1ccc(CC(=O)N[C@@H]2CCCC[C@H]2O)nc1. The molecule has 1 fully saturated rings. The average Bonchev–Trinajstić information content (AvgIpc) is 2.35. The number of anilines is 1. The summed E-state index contributed by atoms with van der Waals surface area (Å²) in [5, 5.41) is 12.6. The quantitative estimate of drug-likeness (QED) is 0.733. The summed E-state index contributed by atoms with van der Waals surface area (Å²) in [7, 11) is 0. The Balaban J connectivity index is 1.86. The lowest BCUT2D eigenvalue weighted by atomic mass is 9.92. The molecule has 1 saturated carbocycles. The maximum absolute atomic E-state index is 11.8. The summed E-state index contributed by atoms with van der Waals surface area (Å²) in [6.07, 6.45) is 5.06. The summed E-state index contributed by atoms with van der Waals surface area (Å²) in [4.78, 5) is 15.9. The van der Waals surface area contributed by atoms with E-state index in [2.05, 4.69) is 10.3 Å². The second-order valence-electron chi connectivity index (χ2n) is 4.79. The van der Waals surface area contributed by atoms with Crippen LogP contribution in [-0.2, 0) is 11.2 Å². The molecule has 1 aromatic heterocycles. The van der Waals surface area contributed by atoms with Crippen LogP contribution in [0.4, 0.5) is 5.69 Å². The van der Waals surface area contributed by atoms with Gasteiger partial charge in [0.25, 0.3) is 0 Å². The molecule has 18 heavy (non-hydrogen) atoms. The minimum atomic E-state index is -0.415. The van der Waals surface area contributed by atoms with Crippen LogP contribution in [0.15, 0.2) is 18.3 Å². The Labute approximate surface area is 106 Å². The summed E-state index contributed by atoms with van der Waals surface area (Å²) in [5.74, 6) is -0.0989. The third-order valence-corrected chi connectivity index (χ3v) is 3.27. The fourth-order valence-corrected chi connectivity index (χ4v) is 2.24. The van der Waals surface area contributed by atoms with Crippen LogP contribution in [-0.4, -0.2) is 28.1 Å². The lowest BCUT2D eigenvalue weighted by Crippen LogP contribution is -2.45. The van der Waals surface area contributed by atoms with Gasteiger partial charge in [-0.25, -0.2) is 0 Å². The Kier molecular flexibility index (Phi) is 4.15. The van der Waals surface area contributed by atoms with Gasteiger partial charge in [0.15, 0.2) is 0 Å². The first-order chi connectivity index (χ1) is 8.65. The van der Waals surface area contributed by atoms with Crippen LogP contribution >= 0.6 is 0 Å². The molecule has 1 aliphatic rings. The van der Waals surface area contributed by atoms with Crippen molar-refractivity contribution < 1.29 is 9.90 Å². The van der Waals surface area contributed by atoms with Crippen molar-refractivity contribution in [3.05, 3.63) is 24.0 Å². The van der Waals surface area contributed by atoms with Crippen LogP contribution in [0.5, 0.6) is 0 Å². The predicted octanol–water partition coefficient (Wildman–Crippen LogP) is 0.626. The van der Waals surface area contributed by atoms with Crippen molar-refractivity contribution in [1.29, 1.82) is 0 Å². The van der Waals surface area contributed by atoms with Gasteiger partial charge in [-0.3, -0.25) is 9.78 Å². The first kappa shape index (κ1) is 12.8. The normalized spacial score (nSPS) is 23.6. The molecule has 4 N–H and O–H groups in total. The number of aliphatic hydroxyl groups is 1. The van der Waals surface area contributed by atoms with E-state index in [0.717, 1.165) is 25.7 Å². The second kappa shape index (κ2) is 5.82. The third kappa shape index (κ3) is 3.43. The van der Waals surface area contributed by atoms with E-state index < -0.39 is 6.10 Å². The molecule has 0 aliphatic heterocycles. The number of nitrogens with zero attached hydrogens (tertiary/aromatic N) is 1. The van der Waals surface area contributed by atoms with Crippen molar-refractivity contribution in [3.63, 3.8) is 0 Å². The van der Waals surface area contributed by atoms with E-state index in [9.17, 15) is 9.90 Å². The van der Waals surface area contributed by atoms with Crippen molar-refractivity contribution >= 4 is 11.6 Å². The number of nitrogen functional groups attached to an aromatic ring is 1. The zero-order valence-corrected chi connectivity index (χ0v) is 10.3. The van der Waals surface area contributed by atoms with Crippen LogP contribution in [0.1, 0.15) is 31.4 Å². The number of pyridine rings is 1. The predicted molar refractivity (Wildman–Crippen MR) is 68.8 cm³/mol. The van der Waals surface area contributed by atoms with E-state index in [0.29, 0.717) is 11.4 Å². The van der Waals surface area contributed by atoms with Crippen LogP contribution in [0.25, 0.3) is 0 Å². The number of amides is 1. The van der Waals surface area contributed by atoms with Gasteiger partial charge in [-0.2, -0.15) is 0 Å². The number of hydrogen-bond donors (Lipinski definition) is 3. The molecule has 0 radical (unpaired) electrons. The van der Waals surface area contributed by atoms with Crippen molar-refractivity contribution in [2.24, 2.45) is 0 Å². The minimum absolute atomic E-state index is 0.0989. The van der Waals surface area contributed by atoms with E-state index in [1.165, 1.54) is 6.20 Å². The lowest BCUT2D eigenvalue weighted by Gasteiger charge is -2.28. The minimum Gasteiger partial charge on any atom is -0.397 e. The largest absolute Gasteiger partial charge is 0.397 e. The smallest absolute Gasteiger partial charge is 0.226 e. The van der Waals surface area contributed by atoms with Crippen LogP contribution in [0, 0.1) is 0 Å². The van der Waals surface area contributed by atoms with Crippen molar-refractivity contribution in [2.75, 3.05) is 5.73 Å². The number of aromatic nitrogens is 1. The monoisotopic (exact) mass is 249 g/mol. The standard InChI is InChI=1S/C13H19N3O2/c14-9-5-6-10(15-8-9)7-13(18)16-11-3-1-2-4-12(11)17/h5-6,8,11-12,17H,1-4,7,14H2,(H,16,18)/t11-,12-/m1/s1. The lowest BCUT2D eigenvalue weighted by molar-refractivity contribution is -0.122. The molecule has 0 saturated heterocycles. The van der Waals surface area contributed by atoms with E-state index in [1.807, 2.05) is 0 Å². The first-order valence-electron chi connectivity index (χ1n) is 6.33. The Morgan fingerprint density at radius 3 is 2.89 bits per heavy atom. The summed E-state index contributed by atoms with van der Waals surface area (Å²) in [5.41, 5.74) is 6.80. The number of rotatable bonds is 3. The molecular formula is C13H19N3O2. The Morgan fingerprint density at radius 2 is 2.22 bits per heavy atom. The van der Waals surface area contributed by atoms with Crippen molar-refractivity contribution in [2.45, 2.75) is 44.2 Å². The molecule has 0 aromatic carbocycles. The zero-order valence-electron chi connectivity index (χ0n) is 10.3. The fourth-order valence-electron chi connectivity index (χ4n) is 2.24. The van der Waals surface area contributed by atoms with E-state index >= 15 is 0 Å². The van der Waals surface area contributed by atoms with Gasteiger partial charge >= 0.3 is 0 Å². The summed E-state index contributed by atoms with van der Waals surface area (Å²) in [6.45, 7) is 0. The molecule has 1 aliphatic carbocycles. The highest BCUT2D eigenvalue weighted by Gasteiger charge is 2.24. The van der Waals surface area contributed by atoms with Crippen LogP contribution in [0.3, 0.4) is 0 Å². The van der Waals surface area contributed by atoms with E-state index in [4.69, 9.17) is 5.73 Å². The summed E-state index contributed by atoms with van der Waals surface area (Å²) < 4.78 is 0. The number of aliphatic hydroxyl groups excluding tert-OH is 1. The van der Waals surface area contributed by atoms with Gasteiger partial charge in [0.1, 0.15) is 0 Å². The molecule has 2 rings (SSSR count). The molecule has 98 valence electrons. The molecule has 5 heteroatoms. The second-order valence-corrected chi connectivity index (χ2v) is 4.79. The van der Waals surface area contributed by atoms with Crippen molar-refractivity contribution in [3.8, 4) is 0 Å². The Hall–Kier alpha value is -1.62. The molecule has 0 unspecified atom stereocenters. The molecule has 2 atom stereocenters. The number of nitrogens with one attached hydrogen (secondary N) is 1. The van der Waals surface area contributed by atoms with Gasteiger partial charge in [0.05, 0.1) is 30.5 Å². The maximum Gasteiger partial charge on any atom is 0.226 e. The molecule has 5 nitrogen and oxygen atoms in total. The van der Waals surface area contributed by atoms with Gasteiger partial charge in [-0.1, -0.05) is 12.8 Å². The molecule has 0 bridgehead atoms. The number of carbonyl (C=O) groups is 1. The first-order valence-corrected chi connectivity index (χ1v) is 6.33. The van der Waals surface area contributed by atoms with Gasteiger partial charge in [-0.15, -0.1) is 0 Å². The fraction of sp³-hybridized carbons (Fsp3) is 0.538. The zero-order chi connectivity index (χ0) is 13.0. The van der Waals surface area contributed by atoms with Crippen LogP contribution in [0.2, 0.25) is 0 Å². The maximum atomic E-state index is 11.8. The highest BCUT2D eigenvalue weighted by atomic mass is 16.3. The number of nitrogens with two attached hydrogens (primary N) is 1. The van der Waals surface area contributed by atoms with E-state index in [-0.39, 0.29) is 18.4 Å². The highest BCUT2D eigenvalue weighted by molar-refractivity contribution is 5.78. The van der Waals surface area contributed by atoms with Gasteiger partial charge < -0.3 is 16.2 Å². The summed E-state index contributed by atoms with van der Waals surface area (Å²) in [6, 6.07) is 3.36. The topological polar surface area (TPSA) is 88.2 Å². The Bertz CT molecular complexity index is 405. The van der Waals surface area contributed by atoms with Gasteiger partial charge in [0.2, 0.25) is 5.91 Å². The van der Waals surface area contributed by atoms with E-state index in [1.54, 1.807) is 12.1 Å². The molecular weight excluding hydrogens is 230 g/mol. The molecule has 0 spiro atoms. The molecule has 1 heterocycles. The molecule has 1 aromatic rings. The third-order valence-electron chi connectivity index (χ3n) is 3.27. The highest BCUT2D eigenvalue weighted by Crippen LogP contribution is 2.18. The molecule has 1 amide bonds. The Morgan fingerprint density at radius 1 is 1.44 bits per heavy atom.